The van der Waals surface area contributed by atoms with Crippen molar-refractivity contribution in [2.75, 3.05) is 17.6 Å². The minimum Gasteiger partial charge on any atom is -0.478 e. The van der Waals surface area contributed by atoms with Crippen molar-refractivity contribution in [3.63, 3.8) is 0 Å². The molecule has 0 aliphatic rings. The number of rotatable bonds is 6. The number of pyridine rings is 1. The van der Waals surface area contributed by atoms with E-state index in [0.717, 1.165) is 13.0 Å². The minimum absolute atomic E-state index is 0.0621. The molecule has 0 aromatic carbocycles. The number of nitrogens with two attached hydrogens (primary N) is 1. The molecule has 0 amide bonds. The van der Waals surface area contributed by atoms with E-state index in [-0.39, 0.29) is 11.3 Å². The lowest BCUT2D eigenvalue weighted by Gasteiger charge is -2.10. The van der Waals surface area contributed by atoms with E-state index < -0.39 is 5.97 Å². The van der Waals surface area contributed by atoms with E-state index in [4.69, 9.17) is 10.8 Å². The number of nitrogens with one attached hydrogen (secondary N) is 1. The average molecular weight is 261 g/mol. The highest BCUT2D eigenvalue weighted by Gasteiger charge is 2.11. The van der Waals surface area contributed by atoms with Crippen molar-refractivity contribution in [1.82, 2.24) is 14.5 Å². The summed E-state index contributed by atoms with van der Waals surface area (Å²) in [7, 11) is 0. The summed E-state index contributed by atoms with van der Waals surface area (Å²) < 4.78 is 1.96. The molecule has 0 radical (unpaired) electrons. The van der Waals surface area contributed by atoms with Crippen LogP contribution in [-0.2, 0) is 6.54 Å². The number of carboxylic acids is 1. The van der Waals surface area contributed by atoms with Crippen LogP contribution in [0, 0.1) is 0 Å². The van der Waals surface area contributed by atoms with Gasteiger partial charge in [-0.2, -0.15) is 0 Å². The third kappa shape index (κ3) is 3.21. The third-order valence-corrected chi connectivity index (χ3v) is 2.67. The molecule has 0 aliphatic heterocycles. The van der Waals surface area contributed by atoms with Crippen LogP contribution in [-0.4, -0.2) is 32.2 Å². The number of nitrogens with zero attached hydrogens (tertiary/aromatic N) is 3. The Morgan fingerprint density at radius 2 is 2.32 bits per heavy atom. The molecule has 0 saturated carbocycles. The maximum atomic E-state index is 10.9. The van der Waals surface area contributed by atoms with Crippen molar-refractivity contribution in [2.45, 2.75) is 13.0 Å². The molecule has 2 rings (SSSR count). The highest BCUT2D eigenvalue weighted by atomic mass is 16.4. The Kier molecular flexibility index (Phi) is 3.97. The molecule has 0 saturated heterocycles. The van der Waals surface area contributed by atoms with Gasteiger partial charge in [-0.05, 0) is 12.5 Å². The summed E-state index contributed by atoms with van der Waals surface area (Å²) in [6.45, 7) is 1.48. The number of aromatic carboxylic acids is 1. The van der Waals surface area contributed by atoms with Crippen LogP contribution in [0.15, 0.2) is 31.0 Å². The molecule has 4 N–H and O–H groups in total. The first-order valence-electron chi connectivity index (χ1n) is 5.86. The van der Waals surface area contributed by atoms with Crippen molar-refractivity contribution >= 4 is 17.5 Å². The standard InChI is InChI=1S/C12H15N5O2/c13-10-9(12(18)19)2-4-16-11(10)15-3-1-6-17-7-5-14-8-17/h2,4-5,7-8H,1,3,6,13H2,(H,15,16)(H,18,19). The molecular formula is C12H15N5O2. The number of hydrogen-bond acceptors (Lipinski definition) is 5. The maximum absolute atomic E-state index is 10.9. The summed E-state index contributed by atoms with van der Waals surface area (Å²) in [4.78, 5) is 18.9. The molecule has 19 heavy (non-hydrogen) atoms. The van der Waals surface area contributed by atoms with Crippen molar-refractivity contribution in [3.8, 4) is 0 Å². The van der Waals surface area contributed by atoms with Crippen LogP contribution >= 0.6 is 0 Å². The number of aromatic nitrogens is 3. The van der Waals surface area contributed by atoms with Crippen LogP contribution < -0.4 is 11.1 Å². The zero-order valence-corrected chi connectivity index (χ0v) is 10.3. The number of aryl methyl sites for hydroxylation is 1. The summed E-state index contributed by atoms with van der Waals surface area (Å²) in [5.41, 5.74) is 5.97. The topological polar surface area (TPSA) is 106 Å². The predicted octanol–water partition coefficient (Wildman–Crippen LogP) is 1.06. The Bertz CT molecular complexity index is 553. The lowest BCUT2D eigenvalue weighted by molar-refractivity contribution is 0.0698. The smallest absolute Gasteiger partial charge is 0.337 e. The monoisotopic (exact) mass is 261 g/mol. The van der Waals surface area contributed by atoms with Gasteiger partial charge in [0.25, 0.3) is 0 Å². The third-order valence-electron chi connectivity index (χ3n) is 2.67. The van der Waals surface area contributed by atoms with Crippen LogP contribution in [0.4, 0.5) is 11.5 Å². The van der Waals surface area contributed by atoms with E-state index in [1.807, 2.05) is 10.8 Å². The summed E-state index contributed by atoms with van der Waals surface area (Å²) in [6.07, 6.45) is 7.64. The fourth-order valence-electron chi connectivity index (χ4n) is 1.69. The molecule has 2 aromatic rings. The summed E-state index contributed by atoms with van der Waals surface area (Å²) in [5.74, 6) is -0.646. The molecule has 0 atom stereocenters. The molecule has 0 aliphatic carbocycles. The Labute approximate surface area is 110 Å². The second kappa shape index (κ2) is 5.85. The molecule has 100 valence electrons. The number of nitrogen functional groups attached to an aromatic ring is 1. The first-order chi connectivity index (χ1) is 9.18. The quantitative estimate of drug-likeness (QED) is 0.671. The summed E-state index contributed by atoms with van der Waals surface area (Å²) in [5, 5.41) is 12.0. The number of carbonyl (C=O) groups is 1. The zero-order chi connectivity index (χ0) is 13.7. The molecule has 2 heterocycles. The molecule has 2 aromatic heterocycles. The van der Waals surface area contributed by atoms with Gasteiger partial charge in [-0.1, -0.05) is 0 Å². The van der Waals surface area contributed by atoms with E-state index in [2.05, 4.69) is 15.3 Å². The van der Waals surface area contributed by atoms with Crippen LogP contribution in [0.25, 0.3) is 0 Å². The minimum atomic E-state index is -1.05. The lowest BCUT2D eigenvalue weighted by atomic mass is 10.2. The van der Waals surface area contributed by atoms with Gasteiger partial charge < -0.3 is 20.7 Å². The van der Waals surface area contributed by atoms with Crippen LogP contribution in [0.2, 0.25) is 0 Å². The van der Waals surface area contributed by atoms with Gasteiger partial charge in [-0.15, -0.1) is 0 Å². The van der Waals surface area contributed by atoms with Crippen LogP contribution in [0.1, 0.15) is 16.8 Å². The number of hydrogen-bond donors (Lipinski definition) is 3. The van der Waals surface area contributed by atoms with Gasteiger partial charge in [0.1, 0.15) is 5.82 Å². The number of carboxylic acid groups (broad SMARTS) is 1. The predicted molar refractivity (Wildman–Crippen MR) is 70.9 cm³/mol. The largest absolute Gasteiger partial charge is 0.478 e. The van der Waals surface area contributed by atoms with Crippen molar-refractivity contribution < 1.29 is 9.90 Å². The Hall–Kier alpha value is -2.57. The van der Waals surface area contributed by atoms with E-state index in [1.54, 1.807) is 12.5 Å². The van der Waals surface area contributed by atoms with Gasteiger partial charge in [-0.3, -0.25) is 0 Å². The molecule has 7 heteroatoms. The van der Waals surface area contributed by atoms with Crippen LogP contribution in [0.5, 0.6) is 0 Å². The van der Waals surface area contributed by atoms with Crippen molar-refractivity contribution in [3.05, 3.63) is 36.5 Å². The summed E-state index contributed by atoms with van der Waals surface area (Å²) >= 11 is 0. The van der Waals surface area contributed by atoms with Gasteiger partial charge in [0, 0.05) is 31.7 Å². The fourth-order valence-corrected chi connectivity index (χ4v) is 1.69. The first-order valence-corrected chi connectivity index (χ1v) is 5.86. The molecule has 7 nitrogen and oxygen atoms in total. The normalized spacial score (nSPS) is 10.3. The lowest BCUT2D eigenvalue weighted by Crippen LogP contribution is -2.11. The van der Waals surface area contributed by atoms with Gasteiger partial charge in [0.15, 0.2) is 0 Å². The Morgan fingerprint density at radius 1 is 1.47 bits per heavy atom. The number of anilines is 2. The SMILES string of the molecule is Nc1c(C(=O)O)ccnc1NCCCn1ccnc1. The molecule has 0 spiro atoms. The van der Waals surface area contributed by atoms with Gasteiger partial charge in [0.05, 0.1) is 17.6 Å². The van der Waals surface area contributed by atoms with Gasteiger partial charge in [-0.25, -0.2) is 14.8 Å². The second-order valence-corrected chi connectivity index (χ2v) is 4.01. The highest BCUT2D eigenvalue weighted by Crippen LogP contribution is 2.19. The highest BCUT2D eigenvalue weighted by molar-refractivity contribution is 5.96. The Morgan fingerprint density at radius 3 is 3.00 bits per heavy atom. The first kappa shape index (κ1) is 12.9. The van der Waals surface area contributed by atoms with E-state index in [9.17, 15) is 4.79 Å². The number of imidazole rings is 1. The zero-order valence-electron chi connectivity index (χ0n) is 10.3. The Balaban J connectivity index is 1.89. The van der Waals surface area contributed by atoms with Crippen LogP contribution in [0.3, 0.4) is 0 Å². The van der Waals surface area contributed by atoms with E-state index >= 15 is 0 Å². The fraction of sp³-hybridized carbons (Fsp3) is 0.250. The van der Waals surface area contributed by atoms with Gasteiger partial charge in [0.2, 0.25) is 0 Å². The molecule has 0 bridgehead atoms. The molecular weight excluding hydrogens is 246 g/mol. The summed E-state index contributed by atoms with van der Waals surface area (Å²) in [6, 6.07) is 1.38. The van der Waals surface area contributed by atoms with E-state index in [1.165, 1.54) is 12.3 Å². The average Bonchev–Trinajstić information content (AvgIpc) is 2.89. The van der Waals surface area contributed by atoms with Crippen molar-refractivity contribution in [1.29, 1.82) is 0 Å². The van der Waals surface area contributed by atoms with Crippen molar-refractivity contribution in [2.24, 2.45) is 0 Å². The molecule has 0 fully saturated rings. The van der Waals surface area contributed by atoms with E-state index in [0.29, 0.717) is 12.4 Å². The second-order valence-electron chi connectivity index (χ2n) is 4.01. The molecule has 0 unspecified atom stereocenters. The van der Waals surface area contributed by atoms with Gasteiger partial charge >= 0.3 is 5.97 Å². The maximum Gasteiger partial charge on any atom is 0.337 e.